The van der Waals surface area contributed by atoms with Gasteiger partial charge in [-0.1, -0.05) is 6.07 Å². The van der Waals surface area contributed by atoms with Crippen LogP contribution in [-0.4, -0.2) is 37.7 Å². The van der Waals surface area contributed by atoms with E-state index >= 15 is 0 Å². The molecule has 1 aromatic carbocycles. The predicted octanol–water partition coefficient (Wildman–Crippen LogP) is 0.518. The Morgan fingerprint density at radius 1 is 1.29 bits per heavy atom. The van der Waals surface area contributed by atoms with Crippen molar-refractivity contribution in [1.82, 2.24) is 5.32 Å². The van der Waals surface area contributed by atoms with Crippen molar-refractivity contribution in [3.05, 3.63) is 23.8 Å². The average molecular weight is 239 g/mol. The van der Waals surface area contributed by atoms with Crippen molar-refractivity contribution in [1.29, 1.82) is 0 Å². The summed E-state index contributed by atoms with van der Waals surface area (Å²) in [6, 6.07) is 4.79. The second kappa shape index (κ2) is 5.74. The van der Waals surface area contributed by atoms with Crippen molar-refractivity contribution in [3.63, 3.8) is 0 Å². The zero-order chi connectivity index (χ0) is 12.8. The van der Waals surface area contributed by atoms with Crippen molar-refractivity contribution < 1.29 is 24.2 Å². The van der Waals surface area contributed by atoms with E-state index in [0.29, 0.717) is 5.75 Å². The van der Waals surface area contributed by atoms with E-state index in [0.717, 1.165) is 0 Å². The Kier molecular flexibility index (Phi) is 4.33. The highest BCUT2D eigenvalue weighted by Crippen LogP contribution is 2.30. The molecular formula is C11H13NO5. The summed E-state index contributed by atoms with van der Waals surface area (Å²) in [4.78, 5) is 22.0. The van der Waals surface area contributed by atoms with Crippen LogP contribution >= 0.6 is 0 Å². The van der Waals surface area contributed by atoms with Gasteiger partial charge in [-0.15, -0.1) is 0 Å². The number of carboxylic acids is 1. The van der Waals surface area contributed by atoms with E-state index in [9.17, 15) is 9.59 Å². The molecule has 1 aromatic rings. The highest BCUT2D eigenvalue weighted by atomic mass is 16.5. The first-order chi connectivity index (χ1) is 8.10. The Hall–Kier alpha value is -2.24. The topological polar surface area (TPSA) is 84.9 Å². The third kappa shape index (κ3) is 3.10. The fourth-order valence-electron chi connectivity index (χ4n) is 1.32. The molecule has 0 saturated carbocycles. The first kappa shape index (κ1) is 12.8. The second-order valence-corrected chi connectivity index (χ2v) is 3.12. The maximum atomic E-state index is 11.7. The summed E-state index contributed by atoms with van der Waals surface area (Å²) in [7, 11) is 2.86. The Morgan fingerprint density at radius 3 is 2.53 bits per heavy atom. The van der Waals surface area contributed by atoms with Gasteiger partial charge in [0.25, 0.3) is 5.91 Å². The van der Waals surface area contributed by atoms with Crippen LogP contribution in [-0.2, 0) is 4.79 Å². The van der Waals surface area contributed by atoms with Gasteiger partial charge in [-0.25, -0.2) is 0 Å². The molecule has 6 nitrogen and oxygen atoms in total. The molecule has 0 atom stereocenters. The normalized spacial score (nSPS) is 9.53. The van der Waals surface area contributed by atoms with E-state index in [1.807, 2.05) is 0 Å². The SMILES string of the molecule is COc1cccc(C(=O)NCC(=O)O)c1OC. The number of rotatable bonds is 5. The summed E-state index contributed by atoms with van der Waals surface area (Å²) in [5, 5.41) is 10.7. The molecule has 1 amide bonds. The number of nitrogens with one attached hydrogen (secondary N) is 1. The van der Waals surface area contributed by atoms with Crippen molar-refractivity contribution in [2.24, 2.45) is 0 Å². The quantitative estimate of drug-likeness (QED) is 0.782. The van der Waals surface area contributed by atoms with Gasteiger partial charge in [-0.3, -0.25) is 9.59 Å². The minimum Gasteiger partial charge on any atom is -0.493 e. The number of carboxylic acid groups (broad SMARTS) is 1. The highest BCUT2D eigenvalue weighted by Gasteiger charge is 2.16. The molecule has 0 saturated heterocycles. The van der Waals surface area contributed by atoms with Gasteiger partial charge in [0.15, 0.2) is 11.5 Å². The zero-order valence-electron chi connectivity index (χ0n) is 9.52. The van der Waals surface area contributed by atoms with Crippen LogP contribution in [0.2, 0.25) is 0 Å². The molecular weight excluding hydrogens is 226 g/mol. The summed E-state index contributed by atoms with van der Waals surface area (Å²) in [6.07, 6.45) is 0. The molecule has 0 radical (unpaired) electrons. The summed E-state index contributed by atoms with van der Waals surface area (Å²) in [6.45, 7) is -0.445. The van der Waals surface area contributed by atoms with Crippen LogP contribution in [0.4, 0.5) is 0 Å². The van der Waals surface area contributed by atoms with Crippen LogP contribution in [0.1, 0.15) is 10.4 Å². The fraction of sp³-hybridized carbons (Fsp3) is 0.273. The maximum absolute atomic E-state index is 11.7. The third-order valence-corrected chi connectivity index (χ3v) is 2.05. The first-order valence-electron chi connectivity index (χ1n) is 4.81. The number of carbonyl (C=O) groups excluding carboxylic acids is 1. The molecule has 0 aromatic heterocycles. The lowest BCUT2D eigenvalue weighted by atomic mass is 10.1. The Balaban J connectivity index is 2.96. The summed E-state index contributed by atoms with van der Waals surface area (Å²) >= 11 is 0. The number of hydrogen-bond acceptors (Lipinski definition) is 4. The molecule has 0 fully saturated rings. The van der Waals surface area contributed by atoms with Crippen LogP contribution in [0.5, 0.6) is 11.5 Å². The molecule has 92 valence electrons. The van der Waals surface area contributed by atoms with Crippen molar-refractivity contribution in [2.75, 3.05) is 20.8 Å². The minimum absolute atomic E-state index is 0.230. The van der Waals surface area contributed by atoms with Crippen LogP contribution < -0.4 is 14.8 Å². The maximum Gasteiger partial charge on any atom is 0.322 e. The van der Waals surface area contributed by atoms with E-state index in [1.54, 1.807) is 12.1 Å². The summed E-state index contributed by atoms with van der Waals surface area (Å²) in [5.41, 5.74) is 0.230. The Morgan fingerprint density at radius 2 is 2.00 bits per heavy atom. The van der Waals surface area contributed by atoms with Crippen LogP contribution in [0.3, 0.4) is 0 Å². The first-order valence-corrected chi connectivity index (χ1v) is 4.81. The van der Waals surface area contributed by atoms with Crippen LogP contribution in [0, 0.1) is 0 Å². The van der Waals surface area contributed by atoms with Crippen molar-refractivity contribution in [3.8, 4) is 11.5 Å². The van der Waals surface area contributed by atoms with Crippen molar-refractivity contribution in [2.45, 2.75) is 0 Å². The molecule has 1 rings (SSSR count). The Bertz CT molecular complexity index is 430. The van der Waals surface area contributed by atoms with E-state index < -0.39 is 18.4 Å². The average Bonchev–Trinajstić information content (AvgIpc) is 2.34. The van der Waals surface area contributed by atoms with E-state index in [1.165, 1.54) is 20.3 Å². The molecule has 0 bridgehead atoms. The predicted molar refractivity (Wildman–Crippen MR) is 59.5 cm³/mol. The van der Waals surface area contributed by atoms with Crippen LogP contribution in [0.15, 0.2) is 18.2 Å². The highest BCUT2D eigenvalue weighted by molar-refractivity contribution is 5.99. The standard InChI is InChI=1S/C11H13NO5/c1-16-8-5-3-4-7(10(8)17-2)11(15)12-6-9(13)14/h3-5H,6H2,1-2H3,(H,12,15)(H,13,14). The largest absolute Gasteiger partial charge is 0.493 e. The molecule has 17 heavy (non-hydrogen) atoms. The lowest BCUT2D eigenvalue weighted by Crippen LogP contribution is -2.29. The molecule has 0 unspecified atom stereocenters. The zero-order valence-corrected chi connectivity index (χ0v) is 9.52. The van der Waals surface area contributed by atoms with Gasteiger partial charge in [0.2, 0.25) is 0 Å². The molecule has 6 heteroatoms. The lowest BCUT2D eigenvalue weighted by Gasteiger charge is -2.11. The monoisotopic (exact) mass is 239 g/mol. The Labute approximate surface area is 98.2 Å². The lowest BCUT2D eigenvalue weighted by molar-refractivity contribution is -0.135. The van der Waals surface area contributed by atoms with Crippen LogP contribution in [0.25, 0.3) is 0 Å². The molecule has 2 N–H and O–H groups in total. The van der Waals surface area contributed by atoms with Gasteiger partial charge in [-0.05, 0) is 12.1 Å². The number of carbonyl (C=O) groups is 2. The number of para-hydroxylation sites is 1. The molecule has 0 aliphatic carbocycles. The molecule has 0 aliphatic rings. The van der Waals surface area contributed by atoms with Gasteiger partial charge in [-0.2, -0.15) is 0 Å². The number of hydrogen-bond donors (Lipinski definition) is 2. The van der Waals surface area contributed by atoms with Gasteiger partial charge < -0.3 is 19.9 Å². The van der Waals surface area contributed by atoms with E-state index in [2.05, 4.69) is 5.32 Å². The van der Waals surface area contributed by atoms with E-state index in [-0.39, 0.29) is 11.3 Å². The van der Waals surface area contributed by atoms with Gasteiger partial charge in [0, 0.05) is 0 Å². The second-order valence-electron chi connectivity index (χ2n) is 3.12. The third-order valence-electron chi connectivity index (χ3n) is 2.05. The van der Waals surface area contributed by atoms with E-state index in [4.69, 9.17) is 14.6 Å². The smallest absolute Gasteiger partial charge is 0.322 e. The number of methoxy groups -OCH3 is 2. The number of aliphatic carboxylic acids is 1. The van der Waals surface area contributed by atoms with Gasteiger partial charge >= 0.3 is 5.97 Å². The molecule has 0 aliphatic heterocycles. The van der Waals surface area contributed by atoms with Crippen molar-refractivity contribution >= 4 is 11.9 Å². The van der Waals surface area contributed by atoms with Gasteiger partial charge in [0.05, 0.1) is 19.8 Å². The number of amides is 1. The fourth-order valence-corrected chi connectivity index (χ4v) is 1.32. The number of benzene rings is 1. The molecule has 0 heterocycles. The summed E-state index contributed by atoms with van der Waals surface area (Å²) in [5.74, 6) is -0.947. The summed E-state index contributed by atoms with van der Waals surface area (Å²) < 4.78 is 10.1. The van der Waals surface area contributed by atoms with Gasteiger partial charge in [0.1, 0.15) is 6.54 Å². The molecule has 0 spiro atoms. The number of ether oxygens (including phenoxy) is 2. The minimum atomic E-state index is -1.11.